The number of cyclic esters (lactones) is 1. The number of pyridine rings is 1. The molecule has 9 nitrogen and oxygen atoms in total. The minimum absolute atomic E-state index is 0.0992. The van der Waals surface area contributed by atoms with Crippen LogP contribution < -0.4 is 10.6 Å². The summed E-state index contributed by atoms with van der Waals surface area (Å²) in [6, 6.07) is 7.81. The number of hydrogen-bond acceptors (Lipinski definition) is 7. The summed E-state index contributed by atoms with van der Waals surface area (Å²) in [6.07, 6.45) is 1.79. The second-order valence-electron chi connectivity index (χ2n) is 9.05. The summed E-state index contributed by atoms with van der Waals surface area (Å²) >= 11 is 3.59. The van der Waals surface area contributed by atoms with Crippen molar-refractivity contribution >= 4 is 50.4 Å². The van der Waals surface area contributed by atoms with Gasteiger partial charge in [-0.15, -0.1) is 0 Å². The van der Waals surface area contributed by atoms with Crippen LogP contribution in [0.5, 0.6) is 0 Å². The maximum Gasteiger partial charge on any atom is 0.411 e. The molecule has 196 valence electrons. The van der Waals surface area contributed by atoms with Crippen LogP contribution in [0, 0.1) is 0 Å². The van der Waals surface area contributed by atoms with Crippen LogP contribution in [0.3, 0.4) is 0 Å². The lowest BCUT2D eigenvalue weighted by molar-refractivity contribution is -0.164. The van der Waals surface area contributed by atoms with E-state index in [1.807, 2.05) is 31.2 Å². The first-order valence-electron chi connectivity index (χ1n) is 12.3. The van der Waals surface area contributed by atoms with Gasteiger partial charge in [0.25, 0.3) is 5.91 Å². The molecule has 0 bridgehead atoms. The van der Waals surface area contributed by atoms with Gasteiger partial charge in [0, 0.05) is 42.1 Å². The summed E-state index contributed by atoms with van der Waals surface area (Å²) in [5, 5.41) is 6.87. The van der Waals surface area contributed by atoms with E-state index in [0.717, 1.165) is 32.2 Å². The molecule has 37 heavy (non-hydrogen) atoms. The lowest BCUT2D eigenvalue weighted by Gasteiger charge is -2.37. The molecule has 1 aromatic heterocycles. The summed E-state index contributed by atoms with van der Waals surface area (Å²) < 4.78 is 12.2. The van der Waals surface area contributed by atoms with E-state index in [2.05, 4.69) is 26.6 Å². The summed E-state index contributed by atoms with van der Waals surface area (Å²) in [5.41, 5.74) is 2.03. The molecule has 0 fully saturated rings. The van der Waals surface area contributed by atoms with Gasteiger partial charge in [-0.25, -0.2) is 14.6 Å². The molecule has 0 radical (unpaired) electrons. The molecule has 2 aromatic rings. The average Bonchev–Trinajstić information content (AvgIpc) is 2.95. The highest BCUT2D eigenvalue weighted by Crippen LogP contribution is 2.39. The zero-order valence-electron chi connectivity index (χ0n) is 21.4. The highest BCUT2D eigenvalue weighted by atomic mass is 79.9. The molecule has 2 N–H and O–H groups in total. The Bertz CT molecular complexity index is 1320. The van der Waals surface area contributed by atoms with Crippen LogP contribution >= 0.6 is 15.9 Å². The van der Waals surface area contributed by atoms with E-state index in [4.69, 9.17) is 14.5 Å². The number of hydrogen-bond donors (Lipinski definition) is 2. The number of halogens is 1. The van der Waals surface area contributed by atoms with Crippen molar-refractivity contribution in [1.82, 2.24) is 20.5 Å². The number of likely N-dealkylation sites (N-methyl/N-ethyl adjacent to an activating group) is 2. The molecule has 0 aliphatic carbocycles. The zero-order valence-corrected chi connectivity index (χ0v) is 23.0. The SMILES string of the molecule is CCC1=CC2=C(COC(=O)C2(CC)OC(=O)N(C)CCNC)C(=O)NCc2cc3c(Br)cccc3nc21. The van der Waals surface area contributed by atoms with Crippen molar-refractivity contribution in [3.63, 3.8) is 0 Å². The first kappa shape index (κ1) is 26.8. The maximum atomic E-state index is 13.4. The fraction of sp³-hybridized carbons (Fsp3) is 0.407. The number of nitrogens with zero attached hydrogens (tertiary/aromatic N) is 2. The quantitative estimate of drug-likeness (QED) is 0.509. The van der Waals surface area contributed by atoms with E-state index in [-0.39, 0.29) is 31.1 Å². The number of ether oxygens (including phenoxy) is 2. The molecule has 4 rings (SSSR count). The number of benzene rings is 1. The number of amides is 2. The maximum absolute atomic E-state index is 13.4. The third-order valence-electron chi connectivity index (χ3n) is 6.81. The van der Waals surface area contributed by atoms with Crippen LogP contribution in [-0.2, 0) is 25.6 Å². The van der Waals surface area contributed by atoms with Crippen molar-refractivity contribution in [3.05, 3.63) is 57.2 Å². The summed E-state index contributed by atoms with van der Waals surface area (Å²) in [6.45, 7) is 4.69. The smallest absolute Gasteiger partial charge is 0.411 e. The predicted molar refractivity (Wildman–Crippen MR) is 144 cm³/mol. The van der Waals surface area contributed by atoms with Gasteiger partial charge in [0.15, 0.2) is 0 Å². The number of fused-ring (bicyclic) bond motifs is 2. The van der Waals surface area contributed by atoms with Crippen LogP contribution in [0.1, 0.15) is 37.9 Å². The number of aromatic nitrogens is 1. The van der Waals surface area contributed by atoms with Crippen molar-refractivity contribution in [2.45, 2.75) is 38.8 Å². The van der Waals surface area contributed by atoms with Crippen molar-refractivity contribution < 1.29 is 23.9 Å². The fourth-order valence-electron chi connectivity index (χ4n) is 4.59. The lowest BCUT2D eigenvalue weighted by Crippen LogP contribution is -2.52. The van der Waals surface area contributed by atoms with Gasteiger partial charge in [0.2, 0.25) is 5.60 Å². The minimum atomic E-state index is -1.76. The Balaban J connectivity index is 1.89. The van der Waals surface area contributed by atoms with Gasteiger partial charge in [-0.2, -0.15) is 0 Å². The standard InChI is InChI=1S/C27H31BrN4O5/c1-5-16-13-20-19(15-36-25(34)27(20,6-2)37-26(35)32(4)11-10-29-3)24(33)30-14-17-12-18-21(28)8-7-9-22(18)31-23(16)17/h7-9,12-13,29H,5-6,10-11,14-15H2,1-4H3,(H,30,33). The Labute approximate surface area is 224 Å². The van der Waals surface area contributed by atoms with Crippen LogP contribution in [0.15, 0.2) is 46.0 Å². The van der Waals surface area contributed by atoms with Crippen LogP contribution in [0.25, 0.3) is 16.5 Å². The lowest BCUT2D eigenvalue weighted by atomic mass is 9.83. The van der Waals surface area contributed by atoms with E-state index in [0.29, 0.717) is 25.1 Å². The largest absolute Gasteiger partial charge is 0.457 e. The molecule has 0 spiro atoms. The van der Waals surface area contributed by atoms with Crippen molar-refractivity contribution in [2.24, 2.45) is 0 Å². The fourth-order valence-corrected chi connectivity index (χ4v) is 5.06. The normalized spacial score (nSPS) is 19.5. The van der Waals surface area contributed by atoms with E-state index >= 15 is 0 Å². The predicted octanol–water partition coefficient (Wildman–Crippen LogP) is 3.71. The third-order valence-corrected chi connectivity index (χ3v) is 7.50. The highest BCUT2D eigenvalue weighted by molar-refractivity contribution is 9.10. The molecule has 1 unspecified atom stereocenters. The van der Waals surface area contributed by atoms with Crippen molar-refractivity contribution in [1.29, 1.82) is 0 Å². The first-order valence-corrected chi connectivity index (χ1v) is 13.1. The van der Waals surface area contributed by atoms with Gasteiger partial charge in [-0.05, 0) is 55.3 Å². The van der Waals surface area contributed by atoms with Gasteiger partial charge < -0.3 is 25.0 Å². The van der Waals surface area contributed by atoms with Gasteiger partial charge in [0.1, 0.15) is 6.61 Å². The second kappa shape index (κ2) is 11.0. The molecular formula is C27H31BrN4O5. The van der Waals surface area contributed by atoms with E-state index in [1.165, 1.54) is 4.90 Å². The second-order valence-corrected chi connectivity index (χ2v) is 9.90. The van der Waals surface area contributed by atoms with Crippen molar-refractivity contribution in [2.75, 3.05) is 33.8 Å². The molecule has 2 amide bonds. The van der Waals surface area contributed by atoms with Crippen LogP contribution in [0.2, 0.25) is 0 Å². The Morgan fingerprint density at radius 3 is 2.81 bits per heavy atom. The molecule has 10 heteroatoms. The average molecular weight is 571 g/mol. The number of rotatable bonds is 6. The first-order chi connectivity index (χ1) is 17.7. The highest BCUT2D eigenvalue weighted by Gasteiger charge is 2.51. The van der Waals surface area contributed by atoms with Gasteiger partial charge >= 0.3 is 12.1 Å². The number of esters is 1. The Kier molecular flexibility index (Phi) is 7.99. The molecule has 3 heterocycles. The Hall–Kier alpha value is -3.24. The molecular weight excluding hydrogens is 540 g/mol. The van der Waals surface area contributed by atoms with Crippen molar-refractivity contribution in [3.8, 4) is 0 Å². The minimum Gasteiger partial charge on any atom is -0.457 e. The van der Waals surface area contributed by atoms with E-state index in [9.17, 15) is 14.4 Å². The number of allylic oxidation sites excluding steroid dienone is 1. The summed E-state index contributed by atoms with van der Waals surface area (Å²) in [7, 11) is 3.38. The number of carbonyl (C=O) groups is 3. The topological polar surface area (TPSA) is 110 Å². The zero-order chi connectivity index (χ0) is 26.7. The van der Waals surface area contributed by atoms with Gasteiger partial charge in [-0.1, -0.05) is 35.8 Å². The van der Waals surface area contributed by atoms with Gasteiger partial charge in [-0.3, -0.25) is 4.79 Å². The number of carbonyl (C=O) groups excluding carboxylic acids is 3. The number of nitrogens with one attached hydrogen (secondary N) is 2. The van der Waals surface area contributed by atoms with E-state index < -0.39 is 17.7 Å². The molecule has 0 saturated carbocycles. The molecule has 0 saturated heterocycles. The summed E-state index contributed by atoms with van der Waals surface area (Å²) in [5.74, 6) is -1.08. The van der Waals surface area contributed by atoms with Crippen LogP contribution in [-0.4, -0.2) is 67.2 Å². The third kappa shape index (κ3) is 5.00. The van der Waals surface area contributed by atoms with Gasteiger partial charge in [0.05, 0.1) is 16.8 Å². The monoisotopic (exact) mass is 570 g/mol. The summed E-state index contributed by atoms with van der Waals surface area (Å²) in [4.78, 5) is 46.0. The molecule has 1 atom stereocenters. The molecule has 2 aliphatic rings. The molecule has 1 aromatic carbocycles. The molecule has 2 aliphatic heterocycles. The van der Waals surface area contributed by atoms with E-state index in [1.54, 1.807) is 27.1 Å². The van der Waals surface area contributed by atoms with Crippen LogP contribution in [0.4, 0.5) is 4.79 Å². The Morgan fingerprint density at radius 1 is 1.32 bits per heavy atom. The Morgan fingerprint density at radius 2 is 2.11 bits per heavy atom.